The second kappa shape index (κ2) is 9.22. The Balaban J connectivity index is 1.56. The van der Waals surface area contributed by atoms with Crippen LogP contribution < -0.4 is 4.90 Å². The summed E-state index contributed by atoms with van der Waals surface area (Å²) in [5, 5.41) is 10.3. The number of aliphatic hydroxyl groups excluding tert-OH is 1. The van der Waals surface area contributed by atoms with Crippen molar-refractivity contribution in [1.29, 1.82) is 0 Å². The molecule has 1 N–H and O–H groups in total. The maximum atomic E-state index is 15.5. The lowest BCUT2D eigenvalue weighted by Gasteiger charge is -2.38. The molecule has 0 spiro atoms. The Hall–Kier alpha value is -2.42. The van der Waals surface area contributed by atoms with E-state index in [1.54, 1.807) is 6.20 Å². The second-order valence-corrected chi connectivity index (χ2v) is 11.7. The summed E-state index contributed by atoms with van der Waals surface area (Å²) in [5.74, 6) is 0. The molecule has 0 saturated carbocycles. The molecule has 6 nitrogen and oxygen atoms in total. The molecule has 2 unspecified atom stereocenters. The van der Waals surface area contributed by atoms with Gasteiger partial charge in [-0.2, -0.15) is 0 Å². The first-order chi connectivity index (χ1) is 16.6. The minimum atomic E-state index is -1.20. The molecule has 186 valence electrons. The molecule has 2 aliphatic heterocycles. The second-order valence-electron chi connectivity index (χ2n) is 10.2. The molecule has 0 aliphatic carbocycles. The number of carbonyl (C=O) groups excluding carboxylic acids is 1. The number of aromatic nitrogens is 1. The first-order valence-corrected chi connectivity index (χ1v) is 13.0. The Morgan fingerprint density at radius 3 is 2.83 bits per heavy atom. The van der Waals surface area contributed by atoms with Crippen LogP contribution >= 0.6 is 22.9 Å². The van der Waals surface area contributed by atoms with Gasteiger partial charge < -0.3 is 19.6 Å². The number of carbonyl (C=O) groups is 1. The van der Waals surface area contributed by atoms with Crippen LogP contribution in [0.4, 0.5) is 14.9 Å². The Labute approximate surface area is 213 Å². The van der Waals surface area contributed by atoms with Gasteiger partial charge in [0, 0.05) is 46.0 Å². The van der Waals surface area contributed by atoms with Gasteiger partial charge in [0.15, 0.2) is 0 Å². The van der Waals surface area contributed by atoms with Crippen LogP contribution in [-0.4, -0.2) is 58.5 Å². The standard InChI is InChI=1S/C26H29ClFN3O3S/c1-26(2,3)34-25(33)30-12-20(28)22(13-30)31-8-4-5-15-9-16(27)10-19(23(15)31)18-6-7-29-21-11-17(14-32)35-24(18)21/h6-7,9-11,20,22,32H,4-5,8,12-14H2,1-3H3. The van der Waals surface area contributed by atoms with Crippen molar-refractivity contribution >= 4 is 44.9 Å². The predicted octanol–water partition coefficient (Wildman–Crippen LogP) is 5.82. The molecule has 3 aromatic rings. The van der Waals surface area contributed by atoms with Crippen LogP contribution in [0.5, 0.6) is 0 Å². The quantitative estimate of drug-likeness (QED) is 0.474. The number of anilines is 1. The number of alkyl halides is 1. The van der Waals surface area contributed by atoms with Gasteiger partial charge >= 0.3 is 6.09 Å². The zero-order valence-corrected chi connectivity index (χ0v) is 21.6. The Kier molecular flexibility index (Phi) is 6.40. The molecule has 1 aromatic carbocycles. The minimum Gasteiger partial charge on any atom is -0.444 e. The van der Waals surface area contributed by atoms with Crippen molar-refractivity contribution in [2.75, 3.05) is 24.5 Å². The number of pyridine rings is 1. The fourth-order valence-corrected chi connectivity index (χ4v) is 6.31. The molecule has 0 radical (unpaired) electrons. The lowest BCUT2D eigenvalue weighted by atomic mass is 9.92. The molecular weight excluding hydrogens is 489 g/mol. The number of nitrogens with zero attached hydrogens (tertiary/aromatic N) is 3. The van der Waals surface area contributed by atoms with Crippen LogP contribution in [0.15, 0.2) is 30.5 Å². The molecule has 0 bridgehead atoms. The summed E-state index contributed by atoms with van der Waals surface area (Å²) < 4.78 is 21.9. The minimum absolute atomic E-state index is 0.0125. The van der Waals surface area contributed by atoms with Gasteiger partial charge in [-0.1, -0.05) is 11.6 Å². The number of hydrogen-bond acceptors (Lipinski definition) is 6. The number of benzene rings is 1. The summed E-state index contributed by atoms with van der Waals surface area (Å²) >= 11 is 8.06. The van der Waals surface area contributed by atoms with Gasteiger partial charge in [-0.25, -0.2) is 9.18 Å². The normalized spacial score (nSPS) is 20.4. The van der Waals surface area contributed by atoms with Gasteiger partial charge in [0.05, 0.1) is 29.4 Å². The first kappa shape index (κ1) is 24.3. The Morgan fingerprint density at radius 1 is 1.29 bits per heavy atom. The number of likely N-dealkylation sites (tertiary alicyclic amines) is 1. The van der Waals surface area contributed by atoms with Crippen molar-refractivity contribution in [2.24, 2.45) is 0 Å². The van der Waals surface area contributed by atoms with Crippen molar-refractivity contribution in [1.82, 2.24) is 9.88 Å². The van der Waals surface area contributed by atoms with E-state index >= 15 is 4.39 Å². The molecule has 4 heterocycles. The first-order valence-electron chi connectivity index (χ1n) is 11.8. The molecule has 35 heavy (non-hydrogen) atoms. The summed E-state index contributed by atoms with van der Waals surface area (Å²) in [7, 11) is 0. The van der Waals surface area contributed by atoms with E-state index in [4.69, 9.17) is 16.3 Å². The molecule has 2 atom stereocenters. The fourth-order valence-electron chi connectivity index (χ4n) is 5.07. The molecule has 2 aliphatic rings. The van der Waals surface area contributed by atoms with E-state index in [2.05, 4.69) is 9.88 Å². The number of rotatable bonds is 3. The van der Waals surface area contributed by atoms with E-state index in [9.17, 15) is 9.90 Å². The highest BCUT2D eigenvalue weighted by Gasteiger charge is 2.42. The van der Waals surface area contributed by atoms with E-state index in [-0.39, 0.29) is 19.7 Å². The molecule has 1 amide bonds. The highest BCUT2D eigenvalue weighted by atomic mass is 35.5. The average molecular weight is 518 g/mol. The number of aliphatic hydroxyl groups is 1. The van der Waals surface area contributed by atoms with E-state index in [0.29, 0.717) is 11.6 Å². The molecular formula is C26H29ClFN3O3S. The zero-order valence-electron chi connectivity index (χ0n) is 20.1. The monoisotopic (exact) mass is 517 g/mol. The maximum absolute atomic E-state index is 15.5. The van der Waals surface area contributed by atoms with Crippen molar-refractivity contribution in [3.05, 3.63) is 45.9 Å². The van der Waals surface area contributed by atoms with Crippen molar-refractivity contribution in [3.63, 3.8) is 0 Å². The number of ether oxygens (including phenoxy) is 1. The van der Waals surface area contributed by atoms with Crippen LogP contribution in [0.2, 0.25) is 5.02 Å². The van der Waals surface area contributed by atoms with Gasteiger partial charge in [0.2, 0.25) is 0 Å². The number of fused-ring (bicyclic) bond motifs is 2. The third-order valence-corrected chi connectivity index (χ3v) is 7.83. The molecule has 5 rings (SSSR count). The van der Waals surface area contributed by atoms with Crippen LogP contribution in [0.1, 0.15) is 37.6 Å². The number of halogens is 2. The van der Waals surface area contributed by atoms with E-state index in [0.717, 1.165) is 50.3 Å². The maximum Gasteiger partial charge on any atom is 0.410 e. The van der Waals surface area contributed by atoms with Gasteiger partial charge in [0.25, 0.3) is 0 Å². The number of aryl methyl sites for hydroxylation is 1. The number of hydrogen-bond donors (Lipinski definition) is 1. The third kappa shape index (κ3) is 4.71. The largest absolute Gasteiger partial charge is 0.444 e. The molecule has 1 saturated heterocycles. The Bertz CT molecular complexity index is 1270. The predicted molar refractivity (Wildman–Crippen MR) is 138 cm³/mol. The van der Waals surface area contributed by atoms with Gasteiger partial charge in [-0.3, -0.25) is 4.98 Å². The van der Waals surface area contributed by atoms with Gasteiger partial charge in [-0.05, 0) is 63.4 Å². The summed E-state index contributed by atoms with van der Waals surface area (Å²) in [4.78, 5) is 21.6. The van der Waals surface area contributed by atoms with Gasteiger partial charge in [0.1, 0.15) is 11.8 Å². The Morgan fingerprint density at radius 2 is 2.09 bits per heavy atom. The van der Waals surface area contributed by atoms with Gasteiger partial charge in [-0.15, -0.1) is 11.3 Å². The van der Waals surface area contributed by atoms with E-state index < -0.39 is 23.9 Å². The smallest absolute Gasteiger partial charge is 0.410 e. The molecule has 9 heteroatoms. The van der Waals surface area contributed by atoms with E-state index in [1.807, 2.05) is 45.0 Å². The van der Waals surface area contributed by atoms with E-state index in [1.165, 1.54) is 16.2 Å². The molecule has 1 fully saturated rings. The average Bonchev–Trinajstić information content (AvgIpc) is 3.40. The highest BCUT2D eigenvalue weighted by molar-refractivity contribution is 7.19. The van der Waals surface area contributed by atoms with Crippen molar-refractivity contribution in [2.45, 2.75) is 58.0 Å². The summed E-state index contributed by atoms with van der Waals surface area (Å²) in [6, 6.07) is 7.26. The van der Waals surface area contributed by atoms with Crippen LogP contribution in [0.25, 0.3) is 21.3 Å². The number of thiophene rings is 1. The molecule has 2 aromatic heterocycles. The summed E-state index contributed by atoms with van der Waals surface area (Å²) in [6.45, 7) is 6.34. The van der Waals surface area contributed by atoms with Crippen LogP contribution in [-0.2, 0) is 17.8 Å². The third-order valence-electron chi connectivity index (χ3n) is 6.47. The van der Waals surface area contributed by atoms with Crippen molar-refractivity contribution in [3.8, 4) is 11.1 Å². The summed E-state index contributed by atoms with van der Waals surface area (Å²) in [6.07, 6.45) is 1.80. The van der Waals surface area contributed by atoms with Crippen LogP contribution in [0, 0.1) is 0 Å². The summed E-state index contributed by atoms with van der Waals surface area (Å²) in [5.41, 5.74) is 4.10. The lowest BCUT2D eigenvalue weighted by Crippen LogP contribution is -2.45. The SMILES string of the molecule is CC(C)(C)OC(=O)N1CC(F)C(N2CCCc3cc(Cl)cc(-c4ccnc5cc(CO)sc45)c32)C1. The number of amides is 1. The van der Waals surface area contributed by atoms with Crippen LogP contribution in [0.3, 0.4) is 0 Å². The van der Waals surface area contributed by atoms with Crippen molar-refractivity contribution < 1.29 is 19.0 Å². The topological polar surface area (TPSA) is 65.9 Å². The fraction of sp³-hybridized carbons (Fsp3) is 0.462. The highest BCUT2D eigenvalue weighted by Crippen LogP contribution is 2.45. The lowest BCUT2D eigenvalue weighted by molar-refractivity contribution is 0.0283. The zero-order chi connectivity index (χ0) is 24.9.